The molecule has 0 aliphatic rings. The molecule has 0 aliphatic heterocycles. The van der Waals surface area contributed by atoms with Crippen molar-refractivity contribution in [2.75, 3.05) is 0 Å². The lowest BCUT2D eigenvalue weighted by Crippen LogP contribution is -2.00. The molecule has 0 aliphatic carbocycles. The zero-order valence-corrected chi connectivity index (χ0v) is 12.0. The molecular weight excluding hydrogens is 306 g/mol. The first-order chi connectivity index (χ1) is 10.6. The van der Waals surface area contributed by atoms with Gasteiger partial charge in [-0.1, -0.05) is 41.9 Å². The minimum absolute atomic E-state index is 0.149. The smallest absolute Gasteiger partial charge is 0.311 e. The van der Waals surface area contributed by atoms with E-state index in [1.807, 2.05) is 30.3 Å². The van der Waals surface area contributed by atoms with E-state index in [-0.39, 0.29) is 23.2 Å². The van der Waals surface area contributed by atoms with Crippen molar-refractivity contribution in [3.05, 3.63) is 69.6 Å². The van der Waals surface area contributed by atoms with Crippen LogP contribution in [0.15, 0.2) is 48.8 Å². The van der Waals surface area contributed by atoms with Gasteiger partial charge in [0.25, 0.3) is 0 Å². The maximum atomic E-state index is 11.2. The fraction of sp³-hybridized carbons (Fsp3) is 0.0667. The molecule has 0 bridgehead atoms. The SMILES string of the molecule is O=[N+]([O-])c1cc2c(Cl)ncnc2cc1OCc1ccccc1. The minimum atomic E-state index is -0.511. The Hall–Kier alpha value is -2.73. The number of benzene rings is 2. The molecule has 6 nitrogen and oxygen atoms in total. The zero-order chi connectivity index (χ0) is 15.5. The average Bonchev–Trinajstić information content (AvgIpc) is 2.53. The molecule has 0 amide bonds. The number of aromatic nitrogens is 2. The third-order valence-electron chi connectivity index (χ3n) is 3.10. The first-order valence-electron chi connectivity index (χ1n) is 6.40. The van der Waals surface area contributed by atoms with Crippen molar-refractivity contribution >= 4 is 28.2 Å². The van der Waals surface area contributed by atoms with Crippen molar-refractivity contribution in [2.45, 2.75) is 6.61 Å². The monoisotopic (exact) mass is 315 g/mol. The standard InChI is InChI=1S/C15H10ClN3O3/c16-15-11-6-13(19(20)21)14(7-12(11)17-9-18-15)22-8-10-4-2-1-3-5-10/h1-7,9H,8H2. The van der Waals surface area contributed by atoms with Crippen LogP contribution in [0, 0.1) is 10.1 Å². The average molecular weight is 316 g/mol. The molecule has 0 unspecified atom stereocenters. The summed E-state index contributed by atoms with van der Waals surface area (Å²) in [6.45, 7) is 0.228. The Kier molecular flexibility index (Phi) is 3.84. The van der Waals surface area contributed by atoms with Gasteiger partial charge in [-0.2, -0.15) is 0 Å². The number of nitrogens with zero attached hydrogens (tertiary/aromatic N) is 3. The van der Waals surface area contributed by atoms with Crippen molar-refractivity contribution in [2.24, 2.45) is 0 Å². The first-order valence-corrected chi connectivity index (χ1v) is 6.78. The zero-order valence-electron chi connectivity index (χ0n) is 11.3. The predicted octanol–water partition coefficient (Wildman–Crippen LogP) is 3.77. The van der Waals surface area contributed by atoms with Gasteiger partial charge in [0.2, 0.25) is 0 Å². The summed E-state index contributed by atoms with van der Waals surface area (Å²) in [6, 6.07) is 12.2. The molecule has 1 heterocycles. The van der Waals surface area contributed by atoms with Crippen LogP contribution in [0.3, 0.4) is 0 Å². The number of fused-ring (bicyclic) bond motifs is 1. The first kappa shape index (κ1) is 14.2. The topological polar surface area (TPSA) is 78.2 Å². The fourth-order valence-electron chi connectivity index (χ4n) is 2.03. The molecule has 3 rings (SSSR count). The van der Waals surface area contributed by atoms with Crippen LogP contribution in [-0.4, -0.2) is 14.9 Å². The molecule has 2 aromatic carbocycles. The molecular formula is C15H10ClN3O3. The van der Waals surface area contributed by atoms with Crippen molar-refractivity contribution in [3.8, 4) is 5.75 Å². The lowest BCUT2D eigenvalue weighted by molar-refractivity contribution is -0.385. The van der Waals surface area contributed by atoms with Crippen molar-refractivity contribution in [1.82, 2.24) is 9.97 Å². The number of halogens is 1. The molecule has 0 radical (unpaired) electrons. The third-order valence-corrected chi connectivity index (χ3v) is 3.40. The van der Waals surface area contributed by atoms with Gasteiger partial charge in [0.05, 0.1) is 10.4 Å². The number of hydrogen-bond acceptors (Lipinski definition) is 5. The third kappa shape index (κ3) is 2.82. The van der Waals surface area contributed by atoms with E-state index in [0.717, 1.165) is 5.56 Å². The number of nitro groups is 1. The molecule has 110 valence electrons. The van der Waals surface area contributed by atoms with Crippen LogP contribution in [0.2, 0.25) is 5.15 Å². The van der Waals surface area contributed by atoms with Crippen molar-refractivity contribution in [3.63, 3.8) is 0 Å². The summed E-state index contributed by atoms with van der Waals surface area (Å²) < 4.78 is 5.59. The fourth-order valence-corrected chi connectivity index (χ4v) is 2.23. The highest BCUT2D eigenvalue weighted by Gasteiger charge is 2.18. The second-order valence-electron chi connectivity index (χ2n) is 4.53. The van der Waals surface area contributed by atoms with Gasteiger partial charge in [-0.3, -0.25) is 10.1 Å². The van der Waals surface area contributed by atoms with E-state index < -0.39 is 4.92 Å². The molecule has 0 N–H and O–H groups in total. The summed E-state index contributed by atoms with van der Waals surface area (Å²) in [5.41, 5.74) is 1.24. The van der Waals surface area contributed by atoms with E-state index in [1.54, 1.807) is 0 Å². The Morgan fingerprint density at radius 2 is 1.95 bits per heavy atom. The highest BCUT2D eigenvalue weighted by atomic mass is 35.5. The van der Waals surface area contributed by atoms with Gasteiger partial charge in [0.15, 0.2) is 5.75 Å². The summed E-state index contributed by atoms with van der Waals surface area (Å²) in [7, 11) is 0. The number of hydrogen-bond donors (Lipinski definition) is 0. The molecule has 1 aromatic heterocycles. The van der Waals surface area contributed by atoms with E-state index in [9.17, 15) is 10.1 Å². The molecule has 3 aromatic rings. The van der Waals surface area contributed by atoms with Gasteiger partial charge in [-0.15, -0.1) is 0 Å². The van der Waals surface area contributed by atoms with Crippen LogP contribution in [0.1, 0.15) is 5.56 Å². The highest BCUT2D eigenvalue weighted by Crippen LogP contribution is 2.33. The van der Waals surface area contributed by atoms with Gasteiger partial charge in [0.1, 0.15) is 18.1 Å². The van der Waals surface area contributed by atoms with Crippen LogP contribution in [0.25, 0.3) is 10.9 Å². The Bertz CT molecular complexity index is 840. The van der Waals surface area contributed by atoms with Gasteiger partial charge in [-0.05, 0) is 5.56 Å². The van der Waals surface area contributed by atoms with E-state index in [1.165, 1.54) is 18.5 Å². The molecule has 0 fully saturated rings. The molecule has 0 spiro atoms. The van der Waals surface area contributed by atoms with Crippen LogP contribution < -0.4 is 4.74 Å². The van der Waals surface area contributed by atoms with E-state index in [4.69, 9.17) is 16.3 Å². The predicted molar refractivity (Wildman–Crippen MR) is 82.0 cm³/mol. The van der Waals surface area contributed by atoms with Gasteiger partial charge in [0, 0.05) is 17.5 Å². The summed E-state index contributed by atoms with van der Waals surface area (Å²) in [6.07, 6.45) is 1.30. The quantitative estimate of drug-likeness (QED) is 0.416. The lowest BCUT2D eigenvalue weighted by atomic mass is 10.2. The molecule has 0 atom stereocenters. The summed E-state index contributed by atoms with van der Waals surface area (Å²) in [4.78, 5) is 18.6. The molecule has 22 heavy (non-hydrogen) atoms. The Balaban J connectivity index is 2.00. The molecule has 0 saturated heterocycles. The van der Waals surface area contributed by atoms with Crippen LogP contribution in [0.4, 0.5) is 5.69 Å². The van der Waals surface area contributed by atoms with Crippen molar-refractivity contribution < 1.29 is 9.66 Å². The second kappa shape index (κ2) is 5.95. The van der Waals surface area contributed by atoms with Crippen LogP contribution >= 0.6 is 11.6 Å². The van der Waals surface area contributed by atoms with E-state index >= 15 is 0 Å². The minimum Gasteiger partial charge on any atom is -0.482 e. The summed E-state index contributed by atoms with van der Waals surface area (Å²) >= 11 is 5.94. The van der Waals surface area contributed by atoms with Crippen LogP contribution in [-0.2, 0) is 6.61 Å². The van der Waals surface area contributed by atoms with Gasteiger partial charge >= 0.3 is 5.69 Å². The Morgan fingerprint density at radius 1 is 1.18 bits per heavy atom. The Labute approximate surface area is 130 Å². The Morgan fingerprint density at radius 3 is 2.68 bits per heavy atom. The van der Waals surface area contributed by atoms with Gasteiger partial charge in [-0.25, -0.2) is 9.97 Å². The second-order valence-corrected chi connectivity index (χ2v) is 4.89. The summed E-state index contributed by atoms with van der Waals surface area (Å²) in [5.74, 6) is 0.149. The van der Waals surface area contributed by atoms with E-state index in [2.05, 4.69) is 9.97 Å². The molecule has 7 heteroatoms. The number of nitro benzene ring substituents is 1. The normalized spacial score (nSPS) is 10.6. The maximum Gasteiger partial charge on any atom is 0.311 e. The lowest BCUT2D eigenvalue weighted by Gasteiger charge is -2.08. The maximum absolute atomic E-state index is 11.2. The summed E-state index contributed by atoms with van der Waals surface area (Å²) in [5, 5.41) is 11.8. The number of ether oxygens (including phenoxy) is 1. The van der Waals surface area contributed by atoms with Crippen molar-refractivity contribution in [1.29, 1.82) is 0 Å². The highest BCUT2D eigenvalue weighted by molar-refractivity contribution is 6.34. The largest absolute Gasteiger partial charge is 0.482 e. The van der Waals surface area contributed by atoms with Gasteiger partial charge < -0.3 is 4.74 Å². The number of rotatable bonds is 4. The van der Waals surface area contributed by atoms with Crippen LogP contribution in [0.5, 0.6) is 5.75 Å². The van der Waals surface area contributed by atoms with E-state index in [0.29, 0.717) is 10.9 Å². The molecule has 0 saturated carbocycles.